The van der Waals surface area contributed by atoms with E-state index < -0.39 is 0 Å². The molecule has 1 aliphatic carbocycles. The van der Waals surface area contributed by atoms with Crippen molar-refractivity contribution in [2.45, 2.75) is 26.2 Å². The van der Waals surface area contributed by atoms with Crippen LogP contribution in [0.2, 0.25) is 0 Å². The van der Waals surface area contributed by atoms with E-state index in [0.717, 1.165) is 23.0 Å². The van der Waals surface area contributed by atoms with Gasteiger partial charge in [-0.25, -0.2) is 0 Å². The van der Waals surface area contributed by atoms with Crippen LogP contribution < -0.4 is 10.4 Å². The summed E-state index contributed by atoms with van der Waals surface area (Å²) in [5.74, 6) is -0.373. The maximum Gasteiger partial charge on any atom is 0.197 e. The standard InChI is InChI=1S/C31H26BNO2/c1-4-33-26-8-6-5-7-25(26)31(2,3)28-21-12-9-18(15-19(21)10-14-27(28)33)16-24-29(34)22-13-11-20(32)17-23(22)30(24)35/h5-17H,4,32H2,1-3H3/b24-16-. The highest BCUT2D eigenvalue weighted by atomic mass is 16.2. The minimum Gasteiger partial charge on any atom is -0.341 e. The Morgan fingerprint density at radius 2 is 1.63 bits per heavy atom. The van der Waals surface area contributed by atoms with E-state index in [1.165, 1.54) is 27.9 Å². The number of rotatable bonds is 2. The maximum absolute atomic E-state index is 13.0. The minimum absolute atomic E-state index is 0.159. The summed E-state index contributed by atoms with van der Waals surface area (Å²) in [6.45, 7) is 7.66. The zero-order chi connectivity index (χ0) is 24.5. The van der Waals surface area contributed by atoms with Crippen molar-refractivity contribution in [3.63, 3.8) is 0 Å². The topological polar surface area (TPSA) is 37.4 Å². The molecule has 0 amide bonds. The van der Waals surface area contributed by atoms with Gasteiger partial charge in [-0.2, -0.15) is 0 Å². The van der Waals surface area contributed by atoms with Gasteiger partial charge in [-0.1, -0.05) is 73.9 Å². The summed E-state index contributed by atoms with van der Waals surface area (Å²) in [7, 11) is 1.93. The maximum atomic E-state index is 13.0. The van der Waals surface area contributed by atoms with Crippen molar-refractivity contribution in [3.05, 3.63) is 106 Å². The molecule has 0 saturated carbocycles. The molecule has 35 heavy (non-hydrogen) atoms. The Kier molecular flexibility index (Phi) is 4.66. The lowest BCUT2D eigenvalue weighted by Crippen LogP contribution is -2.33. The number of hydrogen-bond acceptors (Lipinski definition) is 3. The van der Waals surface area contributed by atoms with Crippen LogP contribution in [-0.2, 0) is 5.41 Å². The Morgan fingerprint density at radius 3 is 2.43 bits per heavy atom. The van der Waals surface area contributed by atoms with Gasteiger partial charge in [0.1, 0.15) is 7.85 Å². The molecule has 4 heteroatoms. The van der Waals surface area contributed by atoms with Crippen LogP contribution in [0.5, 0.6) is 0 Å². The van der Waals surface area contributed by atoms with Gasteiger partial charge in [0.15, 0.2) is 11.6 Å². The molecule has 0 atom stereocenters. The average Bonchev–Trinajstić information content (AvgIpc) is 3.08. The smallest absolute Gasteiger partial charge is 0.197 e. The van der Waals surface area contributed by atoms with Crippen molar-refractivity contribution >= 4 is 53.1 Å². The Hall–Kier alpha value is -3.92. The van der Waals surface area contributed by atoms with Crippen LogP contribution in [-0.4, -0.2) is 26.0 Å². The average molecular weight is 455 g/mol. The molecule has 0 saturated heterocycles. The van der Waals surface area contributed by atoms with Crippen LogP contribution in [0.4, 0.5) is 11.4 Å². The second kappa shape index (κ2) is 7.54. The van der Waals surface area contributed by atoms with Gasteiger partial charge in [-0.05, 0) is 58.7 Å². The number of hydrogen-bond donors (Lipinski definition) is 0. The summed E-state index contributed by atoms with van der Waals surface area (Å²) >= 11 is 0. The zero-order valence-corrected chi connectivity index (χ0v) is 20.5. The second-order valence-electron chi connectivity index (χ2n) is 10.1. The number of Topliss-reactive ketones (excluding diaryl/α,β-unsaturated/α-hetero) is 2. The molecule has 3 nitrogen and oxygen atoms in total. The van der Waals surface area contributed by atoms with Crippen molar-refractivity contribution in [3.8, 4) is 0 Å². The summed E-state index contributed by atoms with van der Waals surface area (Å²) in [5, 5.41) is 2.30. The van der Waals surface area contributed by atoms with E-state index in [2.05, 4.69) is 74.2 Å². The van der Waals surface area contributed by atoms with Crippen molar-refractivity contribution < 1.29 is 9.59 Å². The minimum atomic E-state index is -0.188. The first-order valence-electron chi connectivity index (χ1n) is 12.2. The number of ketones is 2. The highest BCUT2D eigenvalue weighted by molar-refractivity contribution is 6.43. The molecule has 4 aromatic rings. The van der Waals surface area contributed by atoms with E-state index in [1.807, 2.05) is 26.0 Å². The number of carbonyl (C=O) groups excluding carboxylic acids is 2. The Bertz CT molecular complexity index is 1610. The molecule has 0 radical (unpaired) electrons. The van der Waals surface area contributed by atoms with Crippen molar-refractivity contribution in [1.29, 1.82) is 0 Å². The largest absolute Gasteiger partial charge is 0.341 e. The number of benzene rings is 4. The van der Waals surface area contributed by atoms with E-state index in [4.69, 9.17) is 0 Å². The molecule has 0 bridgehead atoms. The molecule has 1 heterocycles. The lowest BCUT2D eigenvalue weighted by molar-refractivity contribution is 0.0990. The number of anilines is 2. The fourth-order valence-corrected chi connectivity index (χ4v) is 5.89. The first kappa shape index (κ1) is 21.6. The van der Waals surface area contributed by atoms with Crippen molar-refractivity contribution in [2.24, 2.45) is 0 Å². The highest BCUT2D eigenvalue weighted by Crippen LogP contribution is 2.51. The van der Waals surface area contributed by atoms with E-state index in [1.54, 1.807) is 12.1 Å². The van der Waals surface area contributed by atoms with Crippen LogP contribution in [0.1, 0.15) is 58.2 Å². The third-order valence-electron chi connectivity index (χ3n) is 7.59. The second-order valence-corrected chi connectivity index (χ2v) is 10.1. The first-order chi connectivity index (χ1) is 16.8. The third kappa shape index (κ3) is 3.06. The van der Waals surface area contributed by atoms with E-state index in [-0.39, 0.29) is 22.6 Å². The predicted molar refractivity (Wildman–Crippen MR) is 146 cm³/mol. The van der Waals surface area contributed by atoms with Crippen molar-refractivity contribution in [2.75, 3.05) is 11.4 Å². The summed E-state index contributed by atoms with van der Waals surface area (Å²) in [5.41, 5.74) is 8.07. The van der Waals surface area contributed by atoms with Crippen LogP contribution in [0.25, 0.3) is 16.8 Å². The quantitative estimate of drug-likeness (QED) is 0.232. The van der Waals surface area contributed by atoms with Crippen LogP contribution in [0.15, 0.2) is 78.4 Å². The Morgan fingerprint density at radius 1 is 0.857 bits per heavy atom. The van der Waals surface area contributed by atoms with E-state index >= 15 is 0 Å². The number of carbonyl (C=O) groups is 2. The van der Waals surface area contributed by atoms with Gasteiger partial charge in [-0.3, -0.25) is 9.59 Å². The third-order valence-corrected chi connectivity index (χ3v) is 7.59. The van der Waals surface area contributed by atoms with Gasteiger partial charge < -0.3 is 4.90 Å². The van der Waals surface area contributed by atoms with E-state index in [9.17, 15) is 9.59 Å². The van der Waals surface area contributed by atoms with Crippen LogP contribution in [0.3, 0.4) is 0 Å². The summed E-state index contributed by atoms with van der Waals surface area (Å²) in [6.07, 6.45) is 1.75. The lowest BCUT2D eigenvalue weighted by Gasteiger charge is -2.42. The molecule has 1 aliphatic heterocycles. The molecule has 0 fully saturated rings. The van der Waals surface area contributed by atoms with Gasteiger partial charge in [0.05, 0.1) is 5.57 Å². The molecule has 0 unspecified atom stereocenters. The molecule has 0 N–H and O–H groups in total. The van der Waals surface area contributed by atoms with Crippen molar-refractivity contribution in [1.82, 2.24) is 0 Å². The normalized spacial score (nSPS) is 17.0. The van der Waals surface area contributed by atoms with Crippen LogP contribution in [0, 0.1) is 0 Å². The molecular weight excluding hydrogens is 429 g/mol. The first-order valence-corrected chi connectivity index (χ1v) is 12.2. The number of para-hydroxylation sites is 1. The van der Waals surface area contributed by atoms with E-state index in [0.29, 0.717) is 11.1 Å². The van der Waals surface area contributed by atoms with Gasteiger partial charge in [-0.15, -0.1) is 0 Å². The summed E-state index contributed by atoms with van der Waals surface area (Å²) < 4.78 is 0. The molecule has 4 aromatic carbocycles. The molecule has 6 rings (SSSR count). The summed E-state index contributed by atoms with van der Waals surface area (Å²) in [4.78, 5) is 28.3. The fourth-order valence-electron chi connectivity index (χ4n) is 5.89. The molecule has 0 aromatic heterocycles. The Labute approximate surface area is 206 Å². The predicted octanol–water partition coefficient (Wildman–Crippen LogP) is 5.36. The number of allylic oxidation sites excluding steroid dienone is 1. The van der Waals surface area contributed by atoms with Gasteiger partial charge in [0.25, 0.3) is 0 Å². The number of nitrogens with zero attached hydrogens (tertiary/aromatic N) is 1. The van der Waals surface area contributed by atoms with Gasteiger partial charge >= 0.3 is 0 Å². The van der Waals surface area contributed by atoms with Crippen LogP contribution >= 0.6 is 0 Å². The van der Waals surface area contributed by atoms with Gasteiger partial charge in [0, 0.05) is 34.5 Å². The highest BCUT2D eigenvalue weighted by Gasteiger charge is 2.37. The number of fused-ring (bicyclic) bond motifs is 5. The summed E-state index contributed by atoms with van der Waals surface area (Å²) in [6, 6.07) is 24.7. The molecule has 2 aliphatic rings. The fraction of sp³-hybridized carbons (Fsp3) is 0.161. The Balaban J connectivity index is 1.49. The zero-order valence-electron chi connectivity index (χ0n) is 20.5. The lowest BCUT2D eigenvalue weighted by atomic mass is 9.72. The molecular formula is C31H26BNO2. The SMILES string of the molecule is Bc1ccc2c(c1)C(=O)/C(=C\c1ccc3c4c(ccc3c1)N(CC)c1ccccc1C4(C)C)C2=O. The molecule has 170 valence electrons. The molecule has 0 spiro atoms. The van der Waals surface area contributed by atoms with Gasteiger partial charge in [0.2, 0.25) is 0 Å². The monoisotopic (exact) mass is 455 g/mol.